The van der Waals surface area contributed by atoms with Crippen molar-refractivity contribution in [2.24, 2.45) is 5.41 Å². The first-order chi connectivity index (χ1) is 9.34. The topological polar surface area (TPSA) is 33.1 Å². The summed E-state index contributed by atoms with van der Waals surface area (Å²) in [6, 6.07) is 5.42. The van der Waals surface area contributed by atoms with Crippen LogP contribution in [0.2, 0.25) is 10.0 Å². The normalized spacial score (nSPS) is 20.8. The summed E-state index contributed by atoms with van der Waals surface area (Å²) in [5.74, 6) is 0. The number of fused-ring (bicyclic) bond motifs is 1. The van der Waals surface area contributed by atoms with Crippen LogP contribution in [-0.2, 0) is 6.42 Å². The molecule has 106 valence electrons. The summed E-state index contributed by atoms with van der Waals surface area (Å²) >= 11 is 13.6. The molecule has 1 aromatic heterocycles. The van der Waals surface area contributed by atoms with E-state index in [2.05, 4.69) is 13.8 Å². The summed E-state index contributed by atoms with van der Waals surface area (Å²) in [6.45, 7) is 4.32. The van der Waals surface area contributed by atoms with Crippen molar-refractivity contribution < 1.29 is 5.11 Å². The second-order valence-corrected chi connectivity index (χ2v) is 7.95. The Labute approximate surface area is 132 Å². The van der Waals surface area contributed by atoms with Crippen LogP contribution < -0.4 is 0 Å². The molecule has 1 aliphatic rings. The van der Waals surface area contributed by atoms with Crippen molar-refractivity contribution in [1.82, 2.24) is 4.98 Å². The molecule has 1 heterocycles. The maximum Gasteiger partial charge on any atom is 0.124 e. The van der Waals surface area contributed by atoms with Crippen LogP contribution in [-0.4, -0.2) is 10.1 Å². The number of benzene rings is 1. The van der Waals surface area contributed by atoms with Gasteiger partial charge in [0.05, 0.1) is 16.7 Å². The predicted octanol–water partition coefficient (Wildman–Crippen LogP) is 5.12. The Balaban J connectivity index is 2.05. The fourth-order valence-electron chi connectivity index (χ4n) is 2.69. The molecule has 1 unspecified atom stereocenters. The van der Waals surface area contributed by atoms with E-state index in [1.807, 2.05) is 12.1 Å². The highest BCUT2D eigenvalue weighted by Crippen LogP contribution is 2.45. The van der Waals surface area contributed by atoms with Crippen molar-refractivity contribution in [2.75, 3.05) is 0 Å². The van der Waals surface area contributed by atoms with Crippen LogP contribution >= 0.6 is 34.5 Å². The maximum atomic E-state index is 10.3. The van der Waals surface area contributed by atoms with Crippen LogP contribution in [0.15, 0.2) is 18.2 Å². The smallest absolute Gasteiger partial charge is 0.124 e. The first-order valence-corrected chi connectivity index (χ1v) is 8.05. The molecule has 0 saturated heterocycles. The summed E-state index contributed by atoms with van der Waals surface area (Å²) in [6.07, 6.45) is 1.25. The number of hydrogen-bond acceptors (Lipinski definition) is 3. The Morgan fingerprint density at radius 2 is 1.90 bits per heavy atom. The van der Waals surface area contributed by atoms with Crippen LogP contribution in [0.1, 0.15) is 36.9 Å². The van der Waals surface area contributed by atoms with E-state index >= 15 is 0 Å². The highest BCUT2D eigenvalue weighted by molar-refractivity contribution is 7.15. The van der Waals surface area contributed by atoms with Gasteiger partial charge in [-0.25, -0.2) is 4.98 Å². The number of halogens is 2. The summed E-state index contributed by atoms with van der Waals surface area (Å²) in [5, 5.41) is 12.4. The molecule has 5 heteroatoms. The van der Waals surface area contributed by atoms with Gasteiger partial charge < -0.3 is 5.11 Å². The molecule has 0 saturated carbocycles. The highest BCUT2D eigenvalue weighted by Gasteiger charge is 2.34. The third-order valence-corrected chi connectivity index (χ3v) is 5.22. The molecule has 0 amide bonds. The summed E-state index contributed by atoms with van der Waals surface area (Å²) < 4.78 is 0. The third-order valence-electron chi connectivity index (χ3n) is 3.53. The van der Waals surface area contributed by atoms with E-state index in [-0.39, 0.29) is 5.41 Å². The van der Waals surface area contributed by atoms with E-state index in [0.717, 1.165) is 34.0 Å². The van der Waals surface area contributed by atoms with Gasteiger partial charge in [0.1, 0.15) is 5.01 Å². The number of thiazole rings is 1. The maximum absolute atomic E-state index is 10.3. The molecule has 2 nitrogen and oxygen atoms in total. The average molecular weight is 328 g/mol. The first-order valence-electron chi connectivity index (χ1n) is 6.48. The van der Waals surface area contributed by atoms with Crippen molar-refractivity contribution in [2.45, 2.75) is 32.8 Å². The monoisotopic (exact) mass is 327 g/mol. The van der Waals surface area contributed by atoms with Crippen molar-refractivity contribution in [1.29, 1.82) is 0 Å². The van der Waals surface area contributed by atoms with Crippen LogP contribution in [0.5, 0.6) is 0 Å². The van der Waals surface area contributed by atoms with Gasteiger partial charge >= 0.3 is 0 Å². The van der Waals surface area contributed by atoms with Gasteiger partial charge in [-0.2, -0.15) is 0 Å². The Hall–Kier alpha value is -0.610. The fraction of sp³-hybridized carbons (Fsp3) is 0.400. The molecule has 0 aliphatic heterocycles. The van der Waals surface area contributed by atoms with Gasteiger partial charge in [-0.3, -0.25) is 0 Å². The lowest BCUT2D eigenvalue weighted by molar-refractivity contribution is 0.102. The van der Waals surface area contributed by atoms with Crippen LogP contribution in [0.25, 0.3) is 10.6 Å². The molecule has 1 atom stereocenters. The molecule has 3 rings (SSSR count). The third kappa shape index (κ3) is 2.73. The zero-order valence-corrected chi connectivity index (χ0v) is 13.6. The molecule has 0 spiro atoms. The zero-order valence-electron chi connectivity index (χ0n) is 11.3. The molecule has 0 radical (unpaired) electrons. The van der Waals surface area contributed by atoms with Gasteiger partial charge in [0.25, 0.3) is 0 Å². The minimum Gasteiger partial charge on any atom is -0.387 e. The largest absolute Gasteiger partial charge is 0.387 e. The molecule has 2 aromatic rings. The standard InChI is InChI=1S/C15H15Cl2NOS/c1-15(2)6-11-13(12(19)7-15)20-14(18-11)8-3-9(16)5-10(17)4-8/h3-5,12,19H,6-7H2,1-2H3. The number of aromatic nitrogens is 1. The lowest BCUT2D eigenvalue weighted by atomic mass is 9.77. The van der Waals surface area contributed by atoms with E-state index in [4.69, 9.17) is 28.2 Å². The number of nitrogens with zero attached hydrogens (tertiary/aromatic N) is 1. The summed E-state index contributed by atoms with van der Waals surface area (Å²) in [7, 11) is 0. The number of rotatable bonds is 1. The van der Waals surface area contributed by atoms with E-state index < -0.39 is 6.10 Å². The van der Waals surface area contributed by atoms with Crippen LogP contribution in [0.3, 0.4) is 0 Å². The predicted molar refractivity (Wildman–Crippen MR) is 84.6 cm³/mol. The van der Waals surface area contributed by atoms with Crippen LogP contribution in [0, 0.1) is 5.41 Å². The molecular weight excluding hydrogens is 313 g/mol. The molecule has 1 N–H and O–H groups in total. The number of aliphatic hydroxyl groups is 1. The average Bonchev–Trinajstić information content (AvgIpc) is 2.69. The Morgan fingerprint density at radius 1 is 1.25 bits per heavy atom. The second kappa shape index (κ2) is 4.99. The molecule has 1 aliphatic carbocycles. The lowest BCUT2D eigenvalue weighted by Crippen LogP contribution is -2.24. The minimum atomic E-state index is -0.422. The summed E-state index contributed by atoms with van der Waals surface area (Å²) in [5.41, 5.74) is 2.00. The van der Waals surface area contributed by atoms with Crippen molar-refractivity contribution in [3.8, 4) is 10.6 Å². The van der Waals surface area contributed by atoms with Gasteiger partial charge in [0, 0.05) is 15.6 Å². The Kier molecular flexibility index (Phi) is 3.57. The molecule has 0 bridgehead atoms. The molecule has 0 fully saturated rings. The van der Waals surface area contributed by atoms with Crippen molar-refractivity contribution in [3.05, 3.63) is 38.8 Å². The zero-order chi connectivity index (χ0) is 14.5. The number of hydrogen-bond donors (Lipinski definition) is 1. The minimum absolute atomic E-state index is 0.0870. The molecule has 20 heavy (non-hydrogen) atoms. The van der Waals surface area contributed by atoms with Gasteiger partial charge in [-0.05, 0) is 36.5 Å². The quantitative estimate of drug-likeness (QED) is 0.788. The Morgan fingerprint density at radius 3 is 2.55 bits per heavy atom. The van der Waals surface area contributed by atoms with E-state index in [9.17, 15) is 5.11 Å². The fourth-order valence-corrected chi connectivity index (χ4v) is 4.27. The number of aliphatic hydroxyl groups excluding tert-OH is 1. The van der Waals surface area contributed by atoms with Gasteiger partial charge in [0.15, 0.2) is 0 Å². The second-order valence-electron chi connectivity index (χ2n) is 6.05. The van der Waals surface area contributed by atoms with Crippen molar-refractivity contribution >= 4 is 34.5 Å². The summed E-state index contributed by atoms with van der Waals surface area (Å²) in [4.78, 5) is 5.67. The first kappa shape index (κ1) is 14.3. The van der Waals surface area contributed by atoms with Gasteiger partial charge in [0.2, 0.25) is 0 Å². The van der Waals surface area contributed by atoms with Gasteiger partial charge in [-0.1, -0.05) is 37.0 Å². The lowest BCUT2D eigenvalue weighted by Gasteiger charge is -2.31. The van der Waals surface area contributed by atoms with Gasteiger partial charge in [-0.15, -0.1) is 11.3 Å². The highest BCUT2D eigenvalue weighted by atomic mass is 35.5. The van der Waals surface area contributed by atoms with Crippen LogP contribution in [0.4, 0.5) is 0 Å². The molecular formula is C15H15Cl2NOS. The molecule has 1 aromatic carbocycles. The SMILES string of the molecule is CC1(C)Cc2nc(-c3cc(Cl)cc(Cl)c3)sc2C(O)C1. The van der Waals surface area contributed by atoms with Crippen molar-refractivity contribution in [3.63, 3.8) is 0 Å². The van der Waals surface area contributed by atoms with E-state index in [0.29, 0.717) is 10.0 Å². The van der Waals surface area contributed by atoms with E-state index in [1.54, 1.807) is 6.07 Å². The Bertz CT molecular complexity index is 646. The van der Waals surface area contributed by atoms with E-state index in [1.165, 1.54) is 11.3 Å².